The fourth-order valence-corrected chi connectivity index (χ4v) is 7.82. The number of H-pyrrole nitrogens is 1. The molecule has 11 rings (SSSR count). The van der Waals surface area contributed by atoms with Crippen molar-refractivity contribution in [3.63, 3.8) is 0 Å². The number of fused-ring (bicyclic) bond motifs is 7. The van der Waals surface area contributed by atoms with Gasteiger partial charge in [0.2, 0.25) is 0 Å². The van der Waals surface area contributed by atoms with Gasteiger partial charge in [0.25, 0.3) is 0 Å². The van der Waals surface area contributed by atoms with Gasteiger partial charge in [-0.05, 0) is 81.2 Å². The smallest absolute Gasteiger partial charge is 0.195 e. The number of nitrogens with one attached hydrogen (secondary N) is 1. The largest absolute Gasteiger partial charge is 0.355 e. The minimum atomic E-state index is 0.139. The highest BCUT2D eigenvalue weighted by atomic mass is 32.1. The lowest BCUT2D eigenvalue weighted by atomic mass is 10.0. The van der Waals surface area contributed by atoms with E-state index >= 15 is 0 Å². The van der Waals surface area contributed by atoms with Crippen molar-refractivity contribution in [3.05, 3.63) is 240 Å². The minimum absolute atomic E-state index is 0.139. The van der Waals surface area contributed by atoms with Gasteiger partial charge in [0.05, 0.1) is 0 Å². The van der Waals surface area contributed by atoms with E-state index in [0.29, 0.717) is 0 Å². The highest BCUT2D eigenvalue weighted by molar-refractivity contribution is 7.24. The Morgan fingerprint density at radius 2 is 0.661 bits per heavy atom. The second kappa shape index (κ2) is 17.4. The van der Waals surface area contributed by atoms with Crippen LogP contribution in [0.1, 0.15) is 11.1 Å². The number of para-hydroxylation sites is 2. The van der Waals surface area contributed by atoms with Gasteiger partial charge in [0, 0.05) is 42.0 Å². The molecule has 0 fully saturated rings. The summed E-state index contributed by atoms with van der Waals surface area (Å²) < 4.78 is 2.11. The van der Waals surface area contributed by atoms with E-state index in [1.165, 1.54) is 54.5 Å². The first-order valence-corrected chi connectivity index (χ1v) is 19.5. The van der Waals surface area contributed by atoms with Crippen molar-refractivity contribution in [1.82, 2.24) is 4.98 Å². The molecule has 9 aromatic carbocycles. The molecule has 0 aliphatic rings. The Hall–Kier alpha value is -7.07. The zero-order valence-corrected chi connectivity index (χ0v) is 31.6. The SMILES string of the molecule is C(=C\c1ccccc1)/c1ccccc1.O=c1c2ccccc2sc2ccccc12.c1ccc2c(c1)[nH]c1ccccc12.c1ccc2cc3ccccc3cc2c1. The molecule has 0 radical (unpaired) electrons. The monoisotopic (exact) mass is 737 g/mol. The molecule has 1 N–H and O–H groups in total. The first-order chi connectivity index (χ1) is 27.7. The summed E-state index contributed by atoms with van der Waals surface area (Å²) in [4.78, 5) is 15.5. The molecule has 0 aliphatic heterocycles. The summed E-state index contributed by atoms with van der Waals surface area (Å²) in [7, 11) is 0. The molecule has 268 valence electrons. The van der Waals surface area contributed by atoms with Crippen LogP contribution in [0.15, 0.2) is 223 Å². The Bertz CT molecular complexity index is 2850. The zero-order valence-electron chi connectivity index (χ0n) is 30.8. The molecule has 2 nitrogen and oxygen atoms in total. The molecule has 2 heterocycles. The van der Waals surface area contributed by atoms with Crippen LogP contribution in [0.2, 0.25) is 0 Å². The summed E-state index contributed by atoms with van der Waals surface area (Å²) in [6.07, 6.45) is 4.24. The fraction of sp³-hybridized carbons (Fsp3) is 0. The zero-order chi connectivity index (χ0) is 37.9. The number of rotatable bonds is 2. The summed E-state index contributed by atoms with van der Waals surface area (Å²) in [5, 5.41) is 9.49. The van der Waals surface area contributed by atoms with Gasteiger partial charge >= 0.3 is 0 Å². The molecule has 11 aromatic rings. The van der Waals surface area contributed by atoms with E-state index in [-0.39, 0.29) is 5.43 Å². The molecule has 0 amide bonds. The van der Waals surface area contributed by atoms with Crippen LogP contribution in [0, 0.1) is 0 Å². The van der Waals surface area contributed by atoms with Gasteiger partial charge in [-0.25, -0.2) is 0 Å². The van der Waals surface area contributed by atoms with Crippen LogP contribution in [0.4, 0.5) is 0 Å². The lowest BCUT2D eigenvalue weighted by Crippen LogP contribution is -1.99. The van der Waals surface area contributed by atoms with Crippen molar-refractivity contribution in [1.29, 1.82) is 0 Å². The molecule has 0 spiro atoms. The number of hydrogen-bond donors (Lipinski definition) is 1. The first kappa shape index (κ1) is 35.9. The molecule has 0 aliphatic carbocycles. The second-order valence-electron chi connectivity index (χ2n) is 13.3. The fourth-order valence-electron chi connectivity index (χ4n) is 6.75. The van der Waals surface area contributed by atoms with Crippen LogP contribution in [0.5, 0.6) is 0 Å². The van der Waals surface area contributed by atoms with E-state index < -0.39 is 0 Å². The summed E-state index contributed by atoms with van der Waals surface area (Å²) >= 11 is 1.67. The Morgan fingerprint density at radius 3 is 1.07 bits per heavy atom. The van der Waals surface area contributed by atoms with Gasteiger partial charge in [0.1, 0.15) is 0 Å². The molecule has 2 aromatic heterocycles. The number of hydrogen-bond acceptors (Lipinski definition) is 2. The summed E-state index contributed by atoms with van der Waals surface area (Å²) in [6.45, 7) is 0. The first-order valence-electron chi connectivity index (χ1n) is 18.7. The lowest BCUT2D eigenvalue weighted by Gasteiger charge is -2.00. The molecular weight excluding hydrogens is 699 g/mol. The average Bonchev–Trinajstić information content (AvgIpc) is 3.65. The van der Waals surface area contributed by atoms with Gasteiger partial charge in [-0.15, -0.1) is 11.3 Å². The van der Waals surface area contributed by atoms with Crippen LogP contribution in [-0.4, -0.2) is 4.98 Å². The van der Waals surface area contributed by atoms with Crippen molar-refractivity contribution in [2.45, 2.75) is 0 Å². The molecular formula is C53H39NOS. The van der Waals surface area contributed by atoms with Crippen molar-refractivity contribution in [2.75, 3.05) is 0 Å². The van der Waals surface area contributed by atoms with E-state index in [1.54, 1.807) is 11.3 Å². The van der Waals surface area contributed by atoms with Crippen molar-refractivity contribution < 1.29 is 0 Å². The van der Waals surface area contributed by atoms with Crippen LogP contribution in [0.3, 0.4) is 0 Å². The molecule has 0 bridgehead atoms. The van der Waals surface area contributed by atoms with Gasteiger partial charge in [-0.3, -0.25) is 4.79 Å². The van der Waals surface area contributed by atoms with E-state index in [0.717, 1.165) is 20.2 Å². The molecule has 0 saturated heterocycles. The highest BCUT2D eigenvalue weighted by Crippen LogP contribution is 2.25. The standard InChI is InChI=1S/C14H10.C14H12.C13H8OS.C12H9N/c1-2-6-12-10-14-8-4-3-7-13(14)9-11(12)5-1;1-3-7-13(8-4-1)11-12-14-9-5-2-6-10-14;14-13-9-5-1-3-7-11(9)15-12-8-4-2-6-10(12)13;1-3-7-11-9(5-1)10-6-2-4-8-12(10)13-11/h1-10H;1-12H;1-8H;1-8,13H/b;12-11+;;. The van der Waals surface area contributed by atoms with E-state index in [2.05, 4.69) is 151 Å². The second-order valence-corrected chi connectivity index (χ2v) is 14.4. The van der Waals surface area contributed by atoms with Gasteiger partial charge < -0.3 is 4.98 Å². The van der Waals surface area contributed by atoms with Crippen molar-refractivity contribution >= 4 is 87.0 Å². The summed E-state index contributed by atoms with van der Waals surface area (Å²) in [5.74, 6) is 0. The molecule has 0 unspecified atom stereocenters. The summed E-state index contributed by atoms with van der Waals surface area (Å²) in [5.41, 5.74) is 5.03. The lowest BCUT2D eigenvalue weighted by molar-refractivity contribution is 1.55. The van der Waals surface area contributed by atoms with Crippen LogP contribution >= 0.6 is 11.3 Å². The summed E-state index contributed by atoms with van der Waals surface area (Å²) in [6, 6.07) is 74.3. The predicted octanol–water partition coefficient (Wildman–Crippen LogP) is 14.6. The topological polar surface area (TPSA) is 32.9 Å². The maximum absolute atomic E-state index is 12.1. The quantitative estimate of drug-likeness (QED) is 0.139. The van der Waals surface area contributed by atoms with Crippen molar-refractivity contribution in [2.24, 2.45) is 0 Å². The van der Waals surface area contributed by atoms with Crippen molar-refractivity contribution in [3.8, 4) is 0 Å². The number of benzene rings is 9. The Balaban J connectivity index is 0.000000105. The van der Waals surface area contributed by atoms with E-state index in [9.17, 15) is 4.79 Å². The average molecular weight is 738 g/mol. The molecule has 0 atom stereocenters. The third kappa shape index (κ3) is 8.50. The highest BCUT2D eigenvalue weighted by Gasteiger charge is 2.04. The number of aromatic nitrogens is 1. The maximum Gasteiger partial charge on any atom is 0.195 e. The Labute approximate surface area is 330 Å². The Kier molecular flexibility index (Phi) is 11.2. The van der Waals surface area contributed by atoms with Crippen LogP contribution < -0.4 is 5.43 Å². The van der Waals surface area contributed by atoms with Crippen LogP contribution in [-0.2, 0) is 0 Å². The normalized spacial score (nSPS) is 10.9. The number of aromatic amines is 1. The van der Waals surface area contributed by atoms with E-state index in [4.69, 9.17) is 0 Å². The van der Waals surface area contributed by atoms with Gasteiger partial charge in [-0.2, -0.15) is 0 Å². The maximum atomic E-state index is 12.1. The third-order valence-corrected chi connectivity index (χ3v) is 10.7. The van der Waals surface area contributed by atoms with Gasteiger partial charge in [0.15, 0.2) is 5.43 Å². The Morgan fingerprint density at radius 1 is 0.339 bits per heavy atom. The molecule has 0 saturated carbocycles. The molecule has 3 heteroatoms. The van der Waals surface area contributed by atoms with Gasteiger partial charge in [-0.1, -0.05) is 182 Å². The predicted molar refractivity (Wildman–Crippen MR) is 245 cm³/mol. The van der Waals surface area contributed by atoms with E-state index in [1.807, 2.05) is 84.9 Å². The van der Waals surface area contributed by atoms with Crippen LogP contribution in [0.25, 0.3) is 75.7 Å². The third-order valence-electron chi connectivity index (χ3n) is 9.58. The minimum Gasteiger partial charge on any atom is -0.355 e. The molecule has 56 heavy (non-hydrogen) atoms.